The van der Waals surface area contributed by atoms with Crippen molar-refractivity contribution in [1.82, 2.24) is 0 Å². The zero-order valence-electron chi connectivity index (χ0n) is 24.3. The number of carbonyl (C=O) groups excluding carboxylic acids is 3. The molecule has 6 rings (SSSR count). The molecule has 2 fully saturated rings. The van der Waals surface area contributed by atoms with Gasteiger partial charge in [0, 0.05) is 35.0 Å². The van der Waals surface area contributed by atoms with E-state index in [4.69, 9.17) is 9.47 Å². The van der Waals surface area contributed by atoms with Crippen LogP contribution in [0.1, 0.15) is 82.8 Å². The average Bonchev–Trinajstić information content (AvgIpc) is 3.03. The van der Waals surface area contributed by atoms with Crippen LogP contribution < -0.4 is 4.74 Å². The number of hydrogen-bond acceptors (Lipinski definition) is 7. The number of ether oxygens (including phenoxy) is 2. The van der Waals surface area contributed by atoms with Crippen molar-refractivity contribution in [3.63, 3.8) is 0 Å². The van der Waals surface area contributed by atoms with Gasteiger partial charge in [-0.2, -0.15) is 0 Å². The Morgan fingerprint density at radius 3 is 2.20 bits per heavy atom. The molecular weight excluding hydrogens is 508 g/mol. The molecule has 2 aliphatic heterocycles. The van der Waals surface area contributed by atoms with Gasteiger partial charge < -0.3 is 19.7 Å². The lowest BCUT2D eigenvalue weighted by Crippen LogP contribution is -2.72. The summed E-state index contributed by atoms with van der Waals surface area (Å²) < 4.78 is 13.6. The van der Waals surface area contributed by atoms with Crippen LogP contribution in [0.15, 0.2) is 46.6 Å². The second-order valence-corrected chi connectivity index (χ2v) is 12.6. The van der Waals surface area contributed by atoms with Crippen molar-refractivity contribution < 1.29 is 34.1 Å². The van der Waals surface area contributed by atoms with Gasteiger partial charge in [-0.15, -0.1) is 0 Å². The Bertz CT molecular complexity index is 1460. The predicted octanol–water partition coefficient (Wildman–Crippen LogP) is 5.66. The molecule has 2 N–H and O–H groups in total. The maximum absolute atomic E-state index is 14.5. The highest BCUT2D eigenvalue weighted by atomic mass is 16.6. The number of fused-ring (bicyclic) bond motifs is 1. The average molecular weight is 547 g/mol. The molecule has 212 valence electrons. The number of aromatic hydroxyl groups is 2. The summed E-state index contributed by atoms with van der Waals surface area (Å²) in [5.41, 5.74) is -0.386. The van der Waals surface area contributed by atoms with E-state index in [2.05, 4.69) is 0 Å². The standard InChI is InChI=1S/C33H38O7/c1-17(2)8-10-21-26(35)22(11-9-18(3)4)29-25(27(21)36)28(37)23-14-20-15-24-31(6,7)40-32(30(20)38,33(23,24)39-29)13-12-19(5)16-34/h8-9,12,14,16,20,24,35-36H,10-11,13,15H2,1-7H3/b19-12-/t20-,24?,32+,33-/m1/s1. The van der Waals surface area contributed by atoms with Crippen LogP contribution in [0.25, 0.3) is 0 Å². The lowest BCUT2D eigenvalue weighted by Gasteiger charge is -2.56. The second kappa shape index (κ2) is 9.30. The first-order chi connectivity index (χ1) is 18.7. The van der Waals surface area contributed by atoms with E-state index < -0.39 is 28.5 Å². The molecule has 0 radical (unpaired) electrons. The number of allylic oxidation sites excluding steroid dienone is 6. The number of Topliss-reactive ketones (excluding diaryl/α,β-unsaturated/α-hetero) is 2. The molecule has 1 unspecified atom stereocenters. The van der Waals surface area contributed by atoms with Crippen LogP contribution in [-0.2, 0) is 27.2 Å². The van der Waals surface area contributed by atoms with Gasteiger partial charge in [0.05, 0.1) is 5.60 Å². The van der Waals surface area contributed by atoms with Gasteiger partial charge in [-0.05, 0) is 73.3 Å². The third-order valence-corrected chi connectivity index (χ3v) is 9.02. The maximum Gasteiger partial charge on any atom is 0.200 e. The number of carbonyl (C=O) groups is 3. The fraction of sp³-hybridized carbons (Fsp3) is 0.485. The SMILES string of the molecule is CC(C)=CCc1c(O)c(CC=C(C)C)c2c(c1O)C(=O)C1=C[C@@H]3CC4C(C)(C)O[C@@](C/C=C(/C)C=O)(C3=O)[C@@]14O2. The minimum Gasteiger partial charge on any atom is -0.507 e. The van der Waals surface area contributed by atoms with Crippen molar-refractivity contribution in [1.29, 1.82) is 0 Å². The monoisotopic (exact) mass is 546 g/mol. The molecule has 2 heterocycles. The van der Waals surface area contributed by atoms with Crippen LogP contribution >= 0.6 is 0 Å². The maximum atomic E-state index is 14.5. The largest absolute Gasteiger partial charge is 0.507 e. The van der Waals surface area contributed by atoms with E-state index in [-0.39, 0.29) is 59.3 Å². The van der Waals surface area contributed by atoms with Crippen molar-refractivity contribution in [3.8, 4) is 17.2 Å². The highest BCUT2D eigenvalue weighted by Gasteiger charge is 2.81. The van der Waals surface area contributed by atoms with Crippen molar-refractivity contribution in [2.45, 2.75) is 91.0 Å². The van der Waals surface area contributed by atoms with Gasteiger partial charge in [0.1, 0.15) is 29.1 Å². The van der Waals surface area contributed by atoms with Crippen molar-refractivity contribution in [2.24, 2.45) is 11.8 Å². The second-order valence-electron chi connectivity index (χ2n) is 12.6. The third-order valence-electron chi connectivity index (χ3n) is 9.02. The summed E-state index contributed by atoms with van der Waals surface area (Å²) in [7, 11) is 0. The van der Waals surface area contributed by atoms with Gasteiger partial charge in [-0.1, -0.05) is 35.5 Å². The van der Waals surface area contributed by atoms with Gasteiger partial charge in [0.25, 0.3) is 0 Å². The Balaban J connectivity index is 1.82. The number of phenols is 2. The topological polar surface area (TPSA) is 110 Å². The fourth-order valence-electron chi connectivity index (χ4n) is 7.11. The van der Waals surface area contributed by atoms with Gasteiger partial charge in [-0.25, -0.2) is 0 Å². The summed E-state index contributed by atoms with van der Waals surface area (Å²) in [6.07, 6.45) is 8.92. The molecule has 0 amide bonds. The molecule has 1 spiro atoms. The first kappa shape index (κ1) is 28.1. The van der Waals surface area contributed by atoms with E-state index in [0.29, 0.717) is 23.1 Å². The Hall–Kier alpha value is -3.45. The summed E-state index contributed by atoms with van der Waals surface area (Å²) in [6.45, 7) is 13.2. The van der Waals surface area contributed by atoms with Crippen molar-refractivity contribution >= 4 is 17.9 Å². The number of rotatable bonds is 7. The number of phenolic OH excluding ortho intramolecular Hbond substituents is 2. The van der Waals surface area contributed by atoms with E-state index in [9.17, 15) is 24.6 Å². The van der Waals surface area contributed by atoms with Crippen LogP contribution in [0.2, 0.25) is 0 Å². The molecule has 7 heteroatoms. The molecule has 5 aliphatic rings. The van der Waals surface area contributed by atoms with Crippen molar-refractivity contribution in [3.05, 3.63) is 63.3 Å². The molecule has 40 heavy (non-hydrogen) atoms. The number of ketones is 2. The van der Waals surface area contributed by atoms with Crippen LogP contribution in [0.5, 0.6) is 17.2 Å². The molecule has 3 aliphatic carbocycles. The fourth-order valence-corrected chi connectivity index (χ4v) is 7.11. The number of hydrogen-bond donors (Lipinski definition) is 2. The minimum absolute atomic E-state index is 0.0101. The molecule has 4 bridgehead atoms. The molecule has 4 atom stereocenters. The molecule has 7 nitrogen and oxygen atoms in total. The Kier molecular flexibility index (Phi) is 6.53. The van der Waals surface area contributed by atoms with Gasteiger partial charge in [0.15, 0.2) is 22.8 Å². The molecule has 1 aromatic carbocycles. The normalized spacial score (nSPS) is 29.3. The van der Waals surface area contributed by atoms with Crippen molar-refractivity contribution in [2.75, 3.05) is 0 Å². The van der Waals surface area contributed by atoms with Gasteiger partial charge in [0.2, 0.25) is 0 Å². The molecule has 1 saturated heterocycles. The first-order valence-corrected chi connectivity index (χ1v) is 13.9. The van der Waals surface area contributed by atoms with Crippen LogP contribution in [-0.4, -0.2) is 44.9 Å². The first-order valence-electron chi connectivity index (χ1n) is 13.9. The van der Waals surface area contributed by atoms with E-state index in [1.165, 1.54) is 0 Å². The van der Waals surface area contributed by atoms with Crippen LogP contribution in [0.3, 0.4) is 0 Å². The third kappa shape index (κ3) is 3.70. The summed E-state index contributed by atoms with van der Waals surface area (Å²) in [6, 6.07) is 0. The molecule has 1 saturated carbocycles. The predicted molar refractivity (Wildman–Crippen MR) is 151 cm³/mol. The van der Waals surface area contributed by atoms with Crippen LogP contribution in [0.4, 0.5) is 0 Å². The zero-order chi connectivity index (χ0) is 29.4. The Morgan fingerprint density at radius 1 is 0.975 bits per heavy atom. The summed E-state index contributed by atoms with van der Waals surface area (Å²) in [5, 5.41) is 23.0. The Labute approximate surface area is 235 Å². The zero-order valence-corrected chi connectivity index (χ0v) is 24.3. The highest BCUT2D eigenvalue weighted by Crippen LogP contribution is 2.68. The number of benzene rings is 1. The summed E-state index contributed by atoms with van der Waals surface area (Å²) >= 11 is 0. The Morgan fingerprint density at radius 2 is 1.60 bits per heavy atom. The van der Waals surface area contributed by atoms with E-state index in [1.807, 2.05) is 53.7 Å². The molecular formula is C33H38O7. The van der Waals surface area contributed by atoms with E-state index in [1.54, 1.807) is 19.1 Å². The smallest absolute Gasteiger partial charge is 0.200 e. The van der Waals surface area contributed by atoms with Gasteiger partial charge in [-0.3, -0.25) is 14.4 Å². The highest BCUT2D eigenvalue weighted by molar-refractivity contribution is 6.18. The quantitative estimate of drug-likeness (QED) is 0.258. The lowest BCUT2D eigenvalue weighted by atomic mass is 9.51. The van der Waals surface area contributed by atoms with E-state index in [0.717, 1.165) is 17.4 Å². The summed E-state index contributed by atoms with van der Waals surface area (Å²) in [5.74, 6) is -1.83. The minimum atomic E-state index is -1.54. The molecule has 1 aromatic rings. The van der Waals surface area contributed by atoms with E-state index >= 15 is 0 Å². The van der Waals surface area contributed by atoms with Gasteiger partial charge >= 0.3 is 0 Å². The van der Waals surface area contributed by atoms with Crippen LogP contribution in [0, 0.1) is 11.8 Å². The lowest BCUT2D eigenvalue weighted by molar-refractivity contribution is -0.171. The summed E-state index contributed by atoms with van der Waals surface area (Å²) in [4.78, 5) is 40.0. The molecule has 0 aromatic heterocycles. The number of aldehydes is 1.